The van der Waals surface area contributed by atoms with Gasteiger partial charge in [-0.2, -0.15) is 0 Å². The van der Waals surface area contributed by atoms with Gasteiger partial charge >= 0.3 is 44.2 Å². The van der Waals surface area contributed by atoms with Gasteiger partial charge in [-0.25, -0.2) is 5.26 Å². The molecule has 0 aliphatic heterocycles. The van der Waals surface area contributed by atoms with E-state index in [0.29, 0.717) is 0 Å². The summed E-state index contributed by atoms with van der Waals surface area (Å²) in [7, 11) is 0. The summed E-state index contributed by atoms with van der Waals surface area (Å²) in [6, 6.07) is 0. The number of carbonyl (C=O) groups is 1. The van der Waals surface area contributed by atoms with Gasteiger partial charge in [0.15, 0.2) is 0 Å². The third-order valence-electron chi connectivity index (χ3n) is 0.0430. The van der Waals surface area contributed by atoms with E-state index in [1.54, 1.807) is 0 Å². The van der Waals surface area contributed by atoms with E-state index in [4.69, 9.17) is 10.1 Å². The minimum absolute atomic E-state index is 0. The van der Waals surface area contributed by atoms with Gasteiger partial charge in [0, 0.05) is 0 Å². The Labute approximate surface area is 58.9 Å². The van der Waals surface area contributed by atoms with Crippen molar-refractivity contribution in [3.8, 4) is 0 Å². The molecule has 0 aliphatic carbocycles. The first kappa shape index (κ1) is 9.19. The van der Waals surface area contributed by atoms with Crippen LogP contribution in [0.1, 0.15) is 0 Å². The molecule has 0 spiro atoms. The zero-order valence-corrected chi connectivity index (χ0v) is 1.84. The number of hydrogen-bond donors (Lipinski definition) is 1. The number of carbonyl (C=O) groups excluding carboxylic acids is 1. The molecule has 0 aromatic heterocycles. The first-order chi connectivity index (χ1) is 1.91. The van der Waals surface area contributed by atoms with Gasteiger partial charge in [-0.05, 0) is 0 Å². The van der Waals surface area contributed by atoms with Crippen LogP contribution in [0.25, 0.3) is 0 Å². The van der Waals surface area contributed by atoms with Gasteiger partial charge in [0.1, 0.15) is 0 Å². The van der Waals surface area contributed by atoms with Crippen LogP contribution < -0.4 is 0 Å². The van der Waals surface area contributed by atoms with Crippen LogP contribution in [0.2, 0.25) is 0 Å². The second-order valence-electron chi connectivity index (χ2n) is 0.202. The summed E-state index contributed by atoms with van der Waals surface area (Å²) in [4.78, 5) is 11.6. The second-order valence-corrected chi connectivity index (χ2v) is 0.202. The summed E-state index contributed by atoms with van der Waals surface area (Å²) in [6.45, 7) is -0.0694. The predicted octanol–water partition coefficient (Wildman–Crippen LogP) is -1.28. The van der Waals surface area contributed by atoms with Gasteiger partial charge in [0.05, 0.1) is 0 Å². The molecule has 0 atom stereocenters. The molecular formula is CH4CaO3. The van der Waals surface area contributed by atoms with Crippen LogP contribution in [0.5, 0.6) is 0 Å². The van der Waals surface area contributed by atoms with E-state index in [1.165, 1.54) is 0 Å². The Morgan fingerprint density at radius 3 is 2.00 bits per heavy atom. The Bertz CT molecular complexity index is 20.9. The van der Waals surface area contributed by atoms with Gasteiger partial charge in [-0.1, -0.05) is 0 Å². The molecule has 0 amide bonds. The Morgan fingerprint density at radius 2 is 2.00 bits per heavy atom. The van der Waals surface area contributed by atoms with E-state index >= 15 is 0 Å². The third-order valence-corrected chi connectivity index (χ3v) is 0.0430. The van der Waals surface area contributed by atoms with E-state index in [0.717, 1.165) is 0 Å². The molecule has 0 unspecified atom stereocenters. The maximum absolute atomic E-state index is 8.70. The Kier molecular flexibility index (Phi) is 16.2. The quantitative estimate of drug-likeness (QED) is 0.195. The molecule has 0 saturated carbocycles. The Balaban J connectivity index is 0. The molecule has 5 heavy (non-hydrogen) atoms. The molecule has 0 aromatic carbocycles. The third kappa shape index (κ3) is 11.9. The van der Waals surface area contributed by atoms with Crippen molar-refractivity contribution in [3.05, 3.63) is 0 Å². The fourth-order valence-electron chi connectivity index (χ4n) is 0. The van der Waals surface area contributed by atoms with Gasteiger partial charge < -0.3 is 4.89 Å². The first-order valence-corrected chi connectivity index (χ1v) is 0.654. The summed E-state index contributed by atoms with van der Waals surface area (Å²) >= 11 is 0. The SMILES string of the molecule is O=COO.[CaH2]. The standard InChI is InChI=1S/CH2O3.Ca.2H/c2-1-4-3;;;/h1,3H;;;. The molecule has 0 saturated heterocycles. The molecule has 0 heterocycles. The van der Waals surface area contributed by atoms with Crippen molar-refractivity contribution in [3.63, 3.8) is 0 Å². The van der Waals surface area contributed by atoms with E-state index in [9.17, 15) is 0 Å². The summed E-state index contributed by atoms with van der Waals surface area (Å²) in [5.74, 6) is 0. The normalized spacial score (nSPS) is 4.20. The average molecular weight is 104 g/mol. The molecule has 4 heteroatoms. The first-order valence-electron chi connectivity index (χ1n) is 0.654. The predicted molar refractivity (Wildman–Crippen MR) is 18.3 cm³/mol. The topological polar surface area (TPSA) is 46.5 Å². The van der Waals surface area contributed by atoms with Crippen LogP contribution in [-0.2, 0) is 9.68 Å². The van der Waals surface area contributed by atoms with Crippen molar-refractivity contribution in [2.24, 2.45) is 0 Å². The van der Waals surface area contributed by atoms with E-state index in [1.807, 2.05) is 0 Å². The van der Waals surface area contributed by atoms with Gasteiger partial charge in [0.2, 0.25) is 0 Å². The van der Waals surface area contributed by atoms with Crippen LogP contribution >= 0.6 is 0 Å². The molecule has 28 valence electrons. The summed E-state index contributed by atoms with van der Waals surface area (Å²) < 4.78 is 0. The van der Waals surface area contributed by atoms with Crippen molar-refractivity contribution in [1.82, 2.24) is 0 Å². The maximum atomic E-state index is 8.70. The van der Waals surface area contributed by atoms with Gasteiger partial charge in [-0.3, -0.25) is 4.79 Å². The van der Waals surface area contributed by atoms with Crippen LogP contribution in [0, 0.1) is 0 Å². The van der Waals surface area contributed by atoms with Crippen LogP contribution in [-0.4, -0.2) is 49.5 Å². The molecule has 0 aromatic rings. The minimum atomic E-state index is -0.0694. The van der Waals surface area contributed by atoms with Crippen LogP contribution in [0.15, 0.2) is 0 Å². The molecule has 0 bridgehead atoms. The van der Waals surface area contributed by atoms with Crippen LogP contribution in [0.4, 0.5) is 0 Å². The van der Waals surface area contributed by atoms with Gasteiger partial charge in [-0.15, -0.1) is 0 Å². The number of hydrogen-bond acceptors (Lipinski definition) is 3. The van der Waals surface area contributed by atoms with Crippen molar-refractivity contribution in [1.29, 1.82) is 0 Å². The molecular weight excluding hydrogens is 100 g/mol. The molecule has 0 rings (SSSR count). The molecule has 3 nitrogen and oxygen atoms in total. The summed E-state index contributed by atoms with van der Waals surface area (Å²) in [5.41, 5.74) is 0. The molecule has 1 N–H and O–H groups in total. The van der Waals surface area contributed by atoms with E-state index < -0.39 is 0 Å². The second kappa shape index (κ2) is 8.83. The zero-order chi connectivity index (χ0) is 3.41. The molecule has 0 radical (unpaired) electrons. The van der Waals surface area contributed by atoms with Crippen molar-refractivity contribution in [2.45, 2.75) is 0 Å². The fourth-order valence-corrected chi connectivity index (χ4v) is 0. The zero-order valence-electron chi connectivity index (χ0n) is 1.84. The average Bonchev–Trinajstić information content (AvgIpc) is 1.37. The van der Waals surface area contributed by atoms with Crippen molar-refractivity contribution >= 4 is 44.2 Å². The number of rotatable bonds is 1. The van der Waals surface area contributed by atoms with Crippen molar-refractivity contribution < 1.29 is 14.9 Å². The van der Waals surface area contributed by atoms with Crippen molar-refractivity contribution in [2.75, 3.05) is 0 Å². The van der Waals surface area contributed by atoms with E-state index in [-0.39, 0.29) is 44.2 Å². The summed E-state index contributed by atoms with van der Waals surface area (Å²) in [6.07, 6.45) is 0. The van der Waals surface area contributed by atoms with Gasteiger partial charge in [0.25, 0.3) is 0 Å². The fraction of sp³-hybridized carbons (Fsp3) is 0. The Hall–Kier alpha value is 0.690. The summed E-state index contributed by atoms with van der Waals surface area (Å²) in [5, 5.41) is 7.01. The van der Waals surface area contributed by atoms with E-state index in [2.05, 4.69) is 4.89 Å². The molecule has 0 fully saturated rings. The Morgan fingerprint density at radius 1 is 1.80 bits per heavy atom. The monoisotopic (exact) mass is 104 g/mol. The van der Waals surface area contributed by atoms with Crippen LogP contribution in [0.3, 0.4) is 0 Å². The molecule has 0 aliphatic rings.